The van der Waals surface area contributed by atoms with Crippen LogP contribution in [0.15, 0.2) is 12.7 Å². The number of carboxylic acid groups (broad SMARTS) is 1. The number of halogens is 1. The first-order chi connectivity index (χ1) is 15.5. The third-order valence-corrected chi connectivity index (χ3v) is 8.29. The van der Waals surface area contributed by atoms with Crippen molar-refractivity contribution in [2.45, 2.75) is 88.0 Å². The Hall–Kier alpha value is -1.45. The zero-order chi connectivity index (χ0) is 24.7. The fourth-order valence-electron chi connectivity index (χ4n) is 6.20. The number of amides is 2. The lowest BCUT2D eigenvalue weighted by Gasteiger charge is -2.41. The molecule has 0 aromatic carbocycles. The Labute approximate surface area is 204 Å². The largest absolute Gasteiger partial charge is 0.481 e. The molecule has 2 bridgehead atoms. The molecule has 186 valence electrons. The lowest BCUT2D eigenvalue weighted by molar-refractivity contribution is -0.154. The van der Waals surface area contributed by atoms with E-state index in [2.05, 4.69) is 22.5 Å². The van der Waals surface area contributed by atoms with Crippen LogP contribution in [0.2, 0.25) is 0 Å². The average molecular weight is 529 g/mol. The van der Waals surface area contributed by atoms with Gasteiger partial charge in [-0.2, -0.15) is 0 Å². The first kappa shape index (κ1) is 26.2. The minimum absolute atomic E-state index is 0.0841. The van der Waals surface area contributed by atoms with Gasteiger partial charge in [0.1, 0.15) is 11.6 Å². The molecule has 3 fully saturated rings. The van der Waals surface area contributed by atoms with Gasteiger partial charge in [0, 0.05) is 17.4 Å². The van der Waals surface area contributed by atoms with Crippen molar-refractivity contribution < 1.29 is 29.3 Å². The first-order valence-electron chi connectivity index (χ1n) is 11.9. The molecule has 0 aromatic heterocycles. The molecule has 3 rings (SSSR count). The van der Waals surface area contributed by atoms with Gasteiger partial charge in [-0.05, 0) is 32.1 Å². The van der Waals surface area contributed by atoms with E-state index in [0.29, 0.717) is 19.4 Å². The Morgan fingerprint density at radius 3 is 2.58 bits per heavy atom. The van der Waals surface area contributed by atoms with E-state index in [4.69, 9.17) is 4.74 Å². The van der Waals surface area contributed by atoms with Crippen molar-refractivity contribution in [1.29, 1.82) is 0 Å². The van der Waals surface area contributed by atoms with Crippen LogP contribution in [-0.2, 0) is 19.1 Å². The number of likely N-dealkylation sites (tertiary alicyclic amines) is 1. The highest BCUT2D eigenvalue weighted by Crippen LogP contribution is 2.60. The number of carbonyl (C=O) groups excluding carboxylic acids is 2. The minimum atomic E-state index is -1.23. The molecular formula is C24H37BrN2O6. The molecule has 1 spiro atoms. The van der Waals surface area contributed by atoms with Crippen molar-refractivity contribution in [2.24, 2.45) is 17.8 Å². The predicted molar refractivity (Wildman–Crippen MR) is 127 cm³/mol. The molecule has 0 aromatic rings. The molecule has 8 nitrogen and oxygen atoms in total. The quantitative estimate of drug-likeness (QED) is 0.315. The van der Waals surface area contributed by atoms with E-state index in [0.717, 1.165) is 12.8 Å². The van der Waals surface area contributed by atoms with Gasteiger partial charge in [0.2, 0.25) is 11.8 Å². The summed E-state index contributed by atoms with van der Waals surface area (Å²) in [6.07, 6.45) is 3.53. The summed E-state index contributed by atoms with van der Waals surface area (Å²) in [5, 5.41) is 20.2. The van der Waals surface area contributed by atoms with Crippen LogP contribution in [0, 0.1) is 17.8 Å². The molecule has 3 aliphatic heterocycles. The number of rotatable bonds is 11. The molecule has 2 amide bonds. The normalized spacial score (nSPS) is 34.5. The first-order valence-corrected chi connectivity index (χ1v) is 12.9. The molecule has 9 heteroatoms. The number of ether oxygens (including phenoxy) is 1. The second-order valence-corrected chi connectivity index (χ2v) is 11.3. The van der Waals surface area contributed by atoms with Crippen LogP contribution in [-0.4, -0.2) is 85.6 Å². The van der Waals surface area contributed by atoms with Gasteiger partial charge in [-0.15, -0.1) is 6.58 Å². The van der Waals surface area contributed by atoms with Crippen LogP contribution >= 0.6 is 15.9 Å². The van der Waals surface area contributed by atoms with E-state index in [1.54, 1.807) is 11.0 Å². The third-order valence-electron chi connectivity index (χ3n) is 7.44. The topological polar surface area (TPSA) is 107 Å². The van der Waals surface area contributed by atoms with Crippen molar-refractivity contribution in [1.82, 2.24) is 9.80 Å². The number of aliphatic carboxylic acids is 1. The van der Waals surface area contributed by atoms with Gasteiger partial charge in [0.05, 0.1) is 30.6 Å². The Morgan fingerprint density at radius 2 is 2.06 bits per heavy atom. The van der Waals surface area contributed by atoms with Gasteiger partial charge in [-0.3, -0.25) is 14.4 Å². The fourth-order valence-corrected chi connectivity index (χ4v) is 7.14. The van der Waals surface area contributed by atoms with Crippen LogP contribution < -0.4 is 0 Å². The number of nitrogens with zero attached hydrogens (tertiary/aromatic N) is 2. The van der Waals surface area contributed by atoms with Crippen LogP contribution in [0.5, 0.6) is 0 Å². The molecule has 0 aliphatic carbocycles. The van der Waals surface area contributed by atoms with Gasteiger partial charge in [0.25, 0.3) is 0 Å². The average Bonchev–Trinajstić information content (AvgIpc) is 3.33. The highest BCUT2D eigenvalue weighted by Gasteiger charge is 2.77. The fraction of sp³-hybridized carbons (Fsp3) is 0.792. The summed E-state index contributed by atoms with van der Waals surface area (Å²) in [5.41, 5.74) is -1.23. The van der Waals surface area contributed by atoms with E-state index in [1.165, 1.54) is 4.90 Å². The van der Waals surface area contributed by atoms with Gasteiger partial charge < -0.3 is 24.7 Å². The molecule has 4 unspecified atom stereocenters. The maximum Gasteiger partial charge on any atom is 0.310 e. The molecular weight excluding hydrogens is 492 g/mol. The number of hydrogen-bond acceptors (Lipinski definition) is 5. The summed E-state index contributed by atoms with van der Waals surface area (Å²) in [6.45, 7) is 11.8. The van der Waals surface area contributed by atoms with E-state index in [-0.39, 0.29) is 29.3 Å². The Kier molecular flexibility index (Phi) is 7.96. The van der Waals surface area contributed by atoms with Gasteiger partial charge in [0.15, 0.2) is 0 Å². The van der Waals surface area contributed by atoms with Gasteiger partial charge in [-0.25, -0.2) is 0 Å². The van der Waals surface area contributed by atoms with E-state index >= 15 is 0 Å². The molecule has 0 saturated carbocycles. The summed E-state index contributed by atoms with van der Waals surface area (Å²) >= 11 is 3.56. The third kappa shape index (κ3) is 4.25. The number of fused-ring (bicyclic) bond motifs is 1. The molecule has 0 radical (unpaired) electrons. The molecule has 2 N–H and O–H groups in total. The van der Waals surface area contributed by atoms with E-state index in [1.807, 2.05) is 27.7 Å². The molecule has 3 aliphatic rings. The van der Waals surface area contributed by atoms with E-state index < -0.39 is 47.5 Å². The highest BCUT2D eigenvalue weighted by atomic mass is 79.9. The van der Waals surface area contributed by atoms with Crippen molar-refractivity contribution in [3.63, 3.8) is 0 Å². The zero-order valence-electron chi connectivity index (χ0n) is 19.9. The Balaban J connectivity index is 2.13. The molecule has 3 heterocycles. The smallest absolute Gasteiger partial charge is 0.310 e. The number of aliphatic hydroxyl groups is 1. The maximum atomic E-state index is 14.2. The number of carboxylic acids is 1. The molecule has 3 saturated heterocycles. The highest BCUT2D eigenvalue weighted by molar-refractivity contribution is 9.09. The Morgan fingerprint density at radius 1 is 1.39 bits per heavy atom. The molecule has 33 heavy (non-hydrogen) atoms. The lowest BCUT2D eigenvalue weighted by atomic mass is 9.70. The van der Waals surface area contributed by atoms with Crippen LogP contribution in [0.1, 0.15) is 53.4 Å². The zero-order valence-corrected chi connectivity index (χ0v) is 21.5. The van der Waals surface area contributed by atoms with Crippen LogP contribution in [0.25, 0.3) is 0 Å². The van der Waals surface area contributed by atoms with Crippen molar-refractivity contribution in [3.05, 3.63) is 12.7 Å². The predicted octanol–water partition coefficient (Wildman–Crippen LogP) is 2.43. The second kappa shape index (κ2) is 10.0. The summed E-state index contributed by atoms with van der Waals surface area (Å²) in [7, 11) is 0. The monoisotopic (exact) mass is 528 g/mol. The number of aliphatic hydroxyl groups excluding tert-OH is 1. The summed E-state index contributed by atoms with van der Waals surface area (Å²) in [6, 6.07) is -1.66. The number of hydrogen-bond donors (Lipinski definition) is 2. The van der Waals surface area contributed by atoms with Crippen LogP contribution in [0.3, 0.4) is 0 Å². The lowest BCUT2D eigenvalue weighted by Crippen LogP contribution is -2.60. The summed E-state index contributed by atoms with van der Waals surface area (Å²) in [4.78, 5) is 43.2. The van der Waals surface area contributed by atoms with Crippen molar-refractivity contribution >= 4 is 33.7 Å². The summed E-state index contributed by atoms with van der Waals surface area (Å²) < 4.78 is 6.33. The Bertz CT molecular complexity index is 791. The second-order valence-electron chi connectivity index (χ2n) is 10.1. The van der Waals surface area contributed by atoms with Gasteiger partial charge in [-0.1, -0.05) is 49.2 Å². The van der Waals surface area contributed by atoms with Crippen molar-refractivity contribution in [3.8, 4) is 0 Å². The molecule has 8 atom stereocenters. The summed E-state index contributed by atoms with van der Waals surface area (Å²) in [5.74, 6) is -3.57. The minimum Gasteiger partial charge on any atom is -0.481 e. The SMILES string of the molecule is C=CCN(C(=O)C1N([C@@H](CO)CC(C)C)C(=O)[C@@H]2[C@H](C(=O)O)[C@H]3OC12CC3Br)C(C)CCC. The van der Waals surface area contributed by atoms with Gasteiger partial charge >= 0.3 is 5.97 Å². The van der Waals surface area contributed by atoms with Crippen LogP contribution in [0.4, 0.5) is 0 Å². The van der Waals surface area contributed by atoms with E-state index in [9.17, 15) is 24.6 Å². The standard InChI is InChI=1S/C24H37BrN2O6/c1-6-8-14(5)26(9-7-2)22(30)20-24-11-16(25)19(33-24)17(23(31)32)18(24)21(29)27(20)15(12-28)10-13(3)4/h7,13-20,28H,2,6,8-12H2,1,3-5H3,(H,31,32)/t14?,15-,16?,17+,18+,19+,20?,24?/m1/s1. The maximum absolute atomic E-state index is 14.2. The number of carbonyl (C=O) groups is 3. The number of alkyl halides is 1. The van der Waals surface area contributed by atoms with Crippen molar-refractivity contribution in [2.75, 3.05) is 13.2 Å².